The number of halogens is 1. The molecular weight excluding hydrogens is 518 g/mol. The Balaban J connectivity index is 1.40. The Labute approximate surface area is 211 Å². The fourth-order valence-electron chi connectivity index (χ4n) is 3.78. The van der Waals surface area contributed by atoms with Crippen LogP contribution in [0.5, 0.6) is 5.75 Å². The molecule has 0 N–H and O–H groups in total. The highest BCUT2D eigenvalue weighted by Crippen LogP contribution is 2.35. The molecule has 0 bridgehead atoms. The van der Waals surface area contributed by atoms with Crippen LogP contribution in [0.2, 0.25) is 0 Å². The number of nitrogens with zero attached hydrogens (tertiary/aromatic N) is 3. The number of thioether (sulfide) groups is 1. The van der Waals surface area contributed by atoms with E-state index >= 15 is 0 Å². The molecule has 2 aliphatic rings. The zero-order chi connectivity index (χ0) is 24.1. The van der Waals surface area contributed by atoms with Gasteiger partial charge < -0.3 is 14.5 Å². The minimum absolute atomic E-state index is 0.228. The number of carbonyl (C=O) groups excluding carboxylic acids is 3. The highest BCUT2D eigenvalue weighted by Gasteiger charge is 2.37. The third-order valence-electron chi connectivity index (χ3n) is 5.54. The van der Waals surface area contributed by atoms with Gasteiger partial charge in [-0.15, -0.1) is 0 Å². The third kappa shape index (κ3) is 5.53. The van der Waals surface area contributed by atoms with E-state index in [9.17, 15) is 14.4 Å². The molecule has 2 fully saturated rings. The molecule has 0 unspecified atom stereocenters. The van der Waals surface area contributed by atoms with Crippen molar-refractivity contribution in [2.75, 3.05) is 44.2 Å². The summed E-state index contributed by atoms with van der Waals surface area (Å²) in [4.78, 5) is 43.6. The zero-order valence-corrected chi connectivity index (χ0v) is 20.9. The minimum Gasteiger partial charge on any atom is -0.489 e. The van der Waals surface area contributed by atoms with Crippen molar-refractivity contribution in [3.63, 3.8) is 0 Å². The van der Waals surface area contributed by atoms with Gasteiger partial charge in [0.1, 0.15) is 18.9 Å². The second-order valence-corrected chi connectivity index (χ2v) is 9.66. The van der Waals surface area contributed by atoms with Crippen molar-refractivity contribution < 1.29 is 19.1 Å². The first-order valence-electron chi connectivity index (χ1n) is 10.8. The smallest absolute Gasteiger partial charge is 0.294 e. The maximum absolute atomic E-state index is 13.0. The lowest BCUT2D eigenvalue weighted by molar-refractivity contribution is -0.136. The monoisotopic (exact) mass is 541 g/mol. The summed E-state index contributed by atoms with van der Waals surface area (Å²) in [5, 5.41) is -0.448. The first-order valence-corrected chi connectivity index (χ1v) is 12.4. The molecule has 2 aromatic rings. The van der Waals surface area contributed by atoms with Crippen LogP contribution in [-0.4, -0.2) is 66.2 Å². The third-order valence-corrected chi connectivity index (χ3v) is 6.94. The highest BCUT2D eigenvalue weighted by molar-refractivity contribution is 9.10. The van der Waals surface area contributed by atoms with E-state index in [0.29, 0.717) is 44.1 Å². The van der Waals surface area contributed by atoms with Gasteiger partial charge in [0.15, 0.2) is 0 Å². The van der Waals surface area contributed by atoms with Crippen LogP contribution in [0.4, 0.5) is 10.5 Å². The summed E-state index contributed by atoms with van der Waals surface area (Å²) in [6.45, 7) is 6.19. The summed E-state index contributed by atoms with van der Waals surface area (Å²) in [5.74, 6) is -0.128. The van der Waals surface area contributed by atoms with Crippen molar-refractivity contribution in [3.05, 3.63) is 76.1 Å². The summed E-state index contributed by atoms with van der Waals surface area (Å²) in [5.41, 5.74) is 1.78. The van der Waals surface area contributed by atoms with Gasteiger partial charge in [-0.2, -0.15) is 0 Å². The van der Waals surface area contributed by atoms with Gasteiger partial charge in [0.05, 0.1) is 4.91 Å². The topological polar surface area (TPSA) is 70.2 Å². The van der Waals surface area contributed by atoms with Crippen LogP contribution in [0.25, 0.3) is 6.08 Å². The predicted octanol–water partition coefficient (Wildman–Crippen LogP) is 4.40. The van der Waals surface area contributed by atoms with E-state index in [2.05, 4.69) is 27.4 Å². The summed E-state index contributed by atoms with van der Waals surface area (Å²) in [7, 11) is 0. The van der Waals surface area contributed by atoms with Crippen LogP contribution in [0.1, 0.15) is 5.56 Å². The summed E-state index contributed by atoms with van der Waals surface area (Å²) < 4.78 is 6.47. The number of anilines is 1. The van der Waals surface area contributed by atoms with E-state index in [1.807, 2.05) is 42.5 Å². The lowest BCUT2D eigenvalue weighted by Crippen LogP contribution is -2.51. The quantitative estimate of drug-likeness (QED) is 0.382. The molecule has 0 spiro atoms. The van der Waals surface area contributed by atoms with Crippen LogP contribution < -0.4 is 9.64 Å². The second-order valence-electron chi connectivity index (χ2n) is 7.75. The van der Waals surface area contributed by atoms with Crippen molar-refractivity contribution in [1.82, 2.24) is 9.80 Å². The number of imide groups is 1. The van der Waals surface area contributed by atoms with Crippen LogP contribution in [-0.2, 0) is 9.59 Å². The van der Waals surface area contributed by atoms with Gasteiger partial charge >= 0.3 is 0 Å². The zero-order valence-electron chi connectivity index (χ0n) is 18.5. The summed E-state index contributed by atoms with van der Waals surface area (Å²) in [6, 6.07) is 15.5. The molecule has 7 nitrogen and oxygen atoms in total. The maximum atomic E-state index is 13.0. The molecule has 0 aromatic heterocycles. The van der Waals surface area contributed by atoms with Crippen molar-refractivity contribution >= 4 is 56.5 Å². The Kier molecular flexibility index (Phi) is 7.74. The van der Waals surface area contributed by atoms with Gasteiger partial charge in [-0.05, 0) is 48.2 Å². The number of carbonyl (C=O) groups is 3. The predicted molar refractivity (Wildman–Crippen MR) is 138 cm³/mol. The van der Waals surface area contributed by atoms with E-state index in [1.165, 1.54) is 0 Å². The lowest BCUT2D eigenvalue weighted by atomic mass is 10.2. The summed E-state index contributed by atoms with van der Waals surface area (Å²) >= 11 is 4.25. The second kappa shape index (κ2) is 10.9. The van der Waals surface area contributed by atoms with E-state index in [1.54, 1.807) is 23.1 Å². The van der Waals surface area contributed by atoms with Crippen molar-refractivity contribution in [1.29, 1.82) is 0 Å². The van der Waals surface area contributed by atoms with E-state index in [0.717, 1.165) is 26.8 Å². The van der Waals surface area contributed by atoms with E-state index in [4.69, 9.17) is 4.74 Å². The first-order chi connectivity index (χ1) is 16.5. The molecule has 3 amide bonds. The molecule has 0 aliphatic carbocycles. The maximum Gasteiger partial charge on any atom is 0.294 e. The SMILES string of the molecule is C=CCOc1ccc(Br)cc1/C=C1/SC(=O)N(CC(=O)N2CCN(c3ccccc3)CC2)C1=O. The van der Waals surface area contributed by atoms with Crippen LogP contribution in [0.15, 0.2) is 70.6 Å². The Morgan fingerprint density at radius 1 is 1.09 bits per heavy atom. The number of para-hydroxylation sites is 1. The largest absolute Gasteiger partial charge is 0.489 e. The van der Waals surface area contributed by atoms with Gasteiger partial charge in [-0.3, -0.25) is 19.3 Å². The fraction of sp³-hybridized carbons (Fsp3) is 0.240. The average Bonchev–Trinajstić information content (AvgIpc) is 3.11. The molecule has 0 radical (unpaired) electrons. The number of rotatable bonds is 7. The van der Waals surface area contributed by atoms with Crippen LogP contribution >= 0.6 is 27.7 Å². The van der Waals surface area contributed by atoms with Gasteiger partial charge in [-0.25, -0.2) is 0 Å². The number of benzene rings is 2. The molecule has 2 heterocycles. The number of hydrogen-bond donors (Lipinski definition) is 0. The Morgan fingerprint density at radius 2 is 1.82 bits per heavy atom. The van der Waals surface area contributed by atoms with Crippen molar-refractivity contribution in [2.24, 2.45) is 0 Å². The normalized spacial score (nSPS) is 17.4. The highest BCUT2D eigenvalue weighted by atomic mass is 79.9. The molecule has 0 atom stereocenters. The van der Waals surface area contributed by atoms with Crippen molar-refractivity contribution in [2.45, 2.75) is 0 Å². The molecule has 2 saturated heterocycles. The van der Waals surface area contributed by atoms with Crippen LogP contribution in [0.3, 0.4) is 0 Å². The fourth-order valence-corrected chi connectivity index (χ4v) is 4.99. The molecule has 34 heavy (non-hydrogen) atoms. The molecular formula is C25H24BrN3O4S. The number of ether oxygens (including phenoxy) is 1. The van der Waals surface area contributed by atoms with Gasteiger partial charge in [-0.1, -0.05) is 46.8 Å². The van der Waals surface area contributed by atoms with Crippen molar-refractivity contribution in [3.8, 4) is 5.75 Å². The van der Waals surface area contributed by atoms with Crippen LogP contribution in [0, 0.1) is 0 Å². The number of piperazine rings is 1. The molecule has 9 heteroatoms. The minimum atomic E-state index is -0.471. The van der Waals surface area contributed by atoms with E-state index < -0.39 is 11.1 Å². The molecule has 2 aliphatic heterocycles. The Hall–Kier alpha value is -3.04. The van der Waals surface area contributed by atoms with E-state index in [-0.39, 0.29) is 17.4 Å². The van der Waals surface area contributed by atoms with Gasteiger partial charge in [0, 0.05) is 41.9 Å². The molecule has 176 valence electrons. The Morgan fingerprint density at radius 3 is 2.53 bits per heavy atom. The molecule has 4 rings (SSSR count). The summed E-state index contributed by atoms with van der Waals surface area (Å²) in [6.07, 6.45) is 3.25. The standard InChI is InChI=1S/C25H24BrN3O4S/c1-2-14-33-21-9-8-19(26)15-18(21)16-22-24(31)29(25(32)34-22)17-23(30)28-12-10-27(11-13-28)20-6-4-3-5-7-20/h2-9,15-16H,1,10-14,17H2/b22-16+. The number of amides is 3. The van der Waals surface area contributed by atoms with Gasteiger partial charge in [0.25, 0.3) is 11.1 Å². The lowest BCUT2D eigenvalue weighted by Gasteiger charge is -2.36. The molecule has 0 saturated carbocycles. The average molecular weight is 542 g/mol. The molecule has 2 aromatic carbocycles. The Bertz CT molecular complexity index is 1130. The first kappa shape index (κ1) is 24.1. The number of hydrogen-bond acceptors (Lipinski definition) is 6. The van der Waals surface area contributed by atoms with Gasteiger partial charge in [0.2, 0.25) is 5.91 Å².